The van der Waals surface area contributed by atoms with Gasteiger partial charge in [0, 0.05) is 11.4 Å². The molecule has 2 N–H and O–H groups in total. The van der Waals surface area contributed by atoms with Crippen molar-refractivity contribution in [2.45, 2.75) is 34.1 Å². The Morgan fingerprint density at radius 2 is 1.43 bits per heavy atom. The van der Waals surface area contributed by atoms with Gasteiger partial charge in [-0.05, 0) is 56.0 Å². The zero-order valence-corrected chi connectivity index (χ0v) is 14.0. The third-order valence-corrected chi connectivity index (χ3v) is 3.73. The molecule has 4 nitrogen and oxygen atoms in total. The van der Waals surface area contributed by atoms with Crippen LogP contribution in [0.5, 0.6) is 0 Å². The van der Waals surface area contributed by atoms with E-state index in [2.05, 4.69) is 10.6 Å². The summed E-state index contributed by atoms with van der Waals surface area (Å²) in [5.74, 6) is -0.632. The fraction of sp³-hybridized carbons (Fsp3) is 0.263. The zero-order valence-electron chi connectivity index (χ0n) is 14.0. The Bertz CT molecular complexity index is 731. The van der Waals surface area contributed by atoms with Crippen molar-refractivity contribution in [3.8, 4) is 0 Å². The number of carbonyl (C=O) groups is 2. The van der Waals surface area contributed by atoms with Crippen LogP contribution in [0.1, 0.15) is 28.7 Å². The maximum atomic E-state index is 12.1. The van der Waals surface area contributed by atoms with Crippen LogP contribution in [-0.4, -0.2) is 11.8 Å². The van der Waals surface area contributed by atoms with E-state index in [1.807, 2.05) is 64.1 Å². The predicted molar refractivity (Wildman–Crippen MR) is 93.7 cm³/mol. The quantitative estimate of drug-likeness (QED) is 0.842. The summed E-state index contributed by atoms with van der Waals surface area (Å²) in [6, 6.07) is 11.6. The van der Waals surface area contributed by atoms with E-state index in [0.717, 1.165) is 33.6 Å². The number of aryl methyl sites for hydroxylation is 4. The van der Waals surface area contributed by atoms with E-state index in [-0.39, 0.29) is 18.2 Å². The molecule has 0 radical (unpaired) electrons. The third kappa shape index (κ3) is 4.42. The van der Waals surface area contributed by atoms with Crippen molar-refractivity contribution in [3.63, 3.8) is 0 Å². The summed E-state index contributed by atoms with van der Waals surface area (Å²) in [6.07, 6.45) is -0.207. The molecule has 2 aromatic carbocycles. The summed E-state index contributed by atoms with van der Waals surface area (Å²) in [5.41, 5.74) is 5.51. The van der Waals surface area contributed by atoms with Crippen LogP contribution in [0.4, 0.5) is 11.4 Å². The first-order valence-electron chi connectivity index (χ1n) is 7.60. The van der Waals surface area contributed by atoms with Gasteiger partial charge in [-0.2, -0.15) is 0 Å². The molecule has 0 bridgehead atoms. The van der Waals surface area contributed by atoms with Gasteiger partial charge in [0.15, 0.2) is 0 Å². The summed E-state index contributed by atoms with van der Waals surface area (Å²) in [4.78, 5) is 24.2. The molecule has 2 aromatic rings. The molecule has 0 aliphatic heterocycles. The minimum Gasteiger partial charge on any atom is -0.325 e. The number of amides is 2. The minimum atomic E-state index is -0.317. The highest BCUT2D eigenvalue weighted by Gasteiger charge is 2.13. The Balaban J connectivity index is 2.00. The first kappa shape index (κ1) is 16.7. The highest BCUT2D eigenvalue weighted by Crippen LogP contribution is 2.20. The molecule has 2 amide bonds. The van der Waals surface area contributed by atoms with Gasteiger partial charge in [0.1, 0.15) is 6.42 Å². The maximum absolute atomic E-state index is 12.1. The number of benzene rings is 2. The minimum absolute atomic E-state index is 0.207. The topological polar surface area (TPSA) is 58.2 Å². The van der Waals surface area contributed by atoms with Crippen molar-refractivity contribution in [2.75, 3.05) is 10.6 Å². The van der Waals surface area contributed by atoms with Crippen LogP contribution in [0, 0.1) is 27.7 Å². The van der Waals surface area contributed by atoms with Crippen LogP contribution < -0.4 is 10.6 Å². The van der Waals surface area contributed by atoms with Crippen LogP contribution in [0.3, 0.4) is 0 Å². The average molecular weight is 310 g/mol. The predicted octanol–water partition coefficient (Wildman–Crippen LogP) is 3.89. The van der Waals surface area contributed by atoms with E-state index < -0.39 is 0 Å². The monoisotopic (exact) mass is 310 g/mol. The smallest absolute Gasteiger partial charge is 0.233 e. The largest absolute Gasteiger partial charge is 0.325 e. The molecule has 0 aromatic heterocycles. The second-order valence-corrected chi connectivity index (χ2v) is 5.86. The lowest BCUT2D eigenvalue weighted by Gasteiger charge is -2.12. The summed E-state index contributed by atoms with van der Waals surface area (Å²) >= 11 is 0. The molecule has 0 unspecified atom stereocenters. The molecule has 23 heavy (non-hydrogen) atoms. The van der Waals surface area contributed by atoms with Crippen LogP contribution in [0.25, 0.3) is 0 Å². The van der Waals surface area contributed by atoms with Gasteiger partial charge in [-0.3, -0.25) is 9.59 Å². The van der Waals surface area contributed by atoms with E-state index in [1.165, 1.54) is 0 Å². The number of anilines is 2. The number of rotatable bonds is 4. The van der Waals surface area contributed by atoms with Crippen LogP contribution >= 0.6 is 0 Å². The standard InChI is InChI=1S/C19H22N2O2/c1-12-8-9-13(2)16(10-12)20-17(22)11-18(23)21-19-14(3)6-5-7-15(19)4/h5-10H,11H2,1-4H3,(H,20,22)(H,21,23). The van der Waals surface area contributed by atoms with Gasteiger partial charge in [-0.1, -0.05) is 30.3 Å². The van der Waals surface area contributed by atoms with Gasteiger partial charge in [-0.15, -0.1) is 0 Å². The van der Waals surface area contributed by atoms with Gasteiger partial charge in [-0.25, -0.2) is 0 Å². The van der Waals surface area contributed by atoms with E-state index in [9.17, 15) is 9.59 Å². The molecule has 0 heterocycles. The summed E-state index contributed by atoms with van der Waals surface area (Å²) < 4.78 is 0. The molecular weight excluding hydrogens is 288 g/mol. The lowest BCUT2D eigenvalue weighted by molar-refractivity contribution is -0.123. The molecule has 0 saturated heterocycles. The number of hydrogen-bond donors (Lipinski definition) is 2. The van der Waals surface area contributed by atoms with Crippen molar-refractivity contribution >= 4 is 23.2 Å². The van der Waals surface area contributed by atoms with Gasteiger partial charge >= 0.3 is 0 Å². The van der Waals surface area contributed by atoms with Crippen LogP contribution in [0.2, 0.25) is 0 Å². The van der Waals surface area contributed by atoms with Crippen molar-refractivity contribution < 1.29 is 9.59 Å². The van der Waals surface area contributed by atoms with E-state index in [1.54, 1.807) is 0 Å². The summed E-state index contributed by atoms with van der Waals surface area (Å²) in [7, 11) is 0. The molecule has 2 rings (SSSR count). The Morgan fingerprint density at radius 3 is 2.09 bits per heavy atom. The summed E-state index contributed by atoms with van der Waals surface area (Å²) in [6.45, 7) is 7.74. The van der Waals surface area contributed by atoms with Gasteiger partial charge in [0.2, 0.25) is 11.8 Å². The molecule has 120 valence electrons. The number of para-hydroxylation sites is 1. The number of nitrogens with one attached hydrogen (secondary N) is 2. The number of hydrogen-bond acceptors (Lipinski definition) is 2. The van der Waals surface area contributed by atoms with E-state index >= 15 is 0 Å². The number of carbonyl (C=O) groups excluding carboxylic acids is 2. The van der Waals surface area contributed by atoms with Crippen LogP contribution in [-0.2, 0) is 9.59 Å². The molecule has 0 aliphatic rings. The second-order valence-electron chi connectivity index (χ2n) is 5.86. The molecule has 0 aliphatic carbocycles. The Kier molecular flexibility index (Phi) is 5.16. The molecule has 0 atom stereocenters. The molecule has 0 saturated carbocycles. The lowest BCUT2D eigenvalue weighted by atomic mass is 10.1. The van der Waals surface area contributed by atoms with Gasteiger partial charge in [0.25, 0.3) is 0 Å². The van der Waals surface area contributed by atoms with Crippen LogP contribution in [0.15, 0.2) is 36.4 Å². The first-order valence-corrected chi connectivity index (χ1v) is 7.60. The van der Waals surface area contributed by atoms with Crippen molar-refractivity contribution in [2.24, 2.45) is 0 Å². The van der Waals surface area contributed by atoms with E-state index in [4.69, 9.17) is 0 Å². The lowest BCUT2D eigenvalue weighted by Crippen LogP contribution is -2.22. The normalized spacial score (nSPS) is 10.3. The first-order chi connectivity index (χ1) is 10.9. The fourth-order valence-corrected chi connectivity index (χ4v) is 2.41. The summed E-state index contributed by atoms with van der Waals surface area (Å²) in [5, 5.41) is 5.62. The zero-order chi connectivity index (χ0) is 17.0. The second kappa shape index (κ2) is 7.09. The molecule has 4 heteroatoms. The average Bonchev–Trinajstić information content (AvgIpc) is 2.47. The maximum Gasteiger partial charge on any atom is 0.233 e. The van der Waals surface area contributed by atoms with Crippen molar-refractivity contribution in [1.29, 1.82) is 0 Å². The van der Waals surface area contributed by atoms with Gasteiger partial charge in [0.05, 0.1) is 0 Å². The highest BCUT2D eigenvalue weighted by atomic mass is 16.2. The SMILES string of the molecule is Cc1ccc(C)c(NC(=O)CC(=O)Nc2c(C)cccc2C)c1. The molecular formula is C19H22N2O2. The molecule has 0 spiro atoms. The molecule has 0 fully saturated rings. The fourth-order valence-electron chi connectivity index (χ4n) is 2.41. The van der Waals surface area contributed by atoms with E-state index in [0.29, 0.717) is 0 Å². The Morgan fingerprint density at radius 1 is 0.826 bits per heavy atom. The van der Waals surface area contributed by atoms with Gasteiger partial charge < -0.3 is 10.6 Å². The Hall–Kier alpha value is -2.62. The van der Waals surface area contributed by atoms with Crippen molar-refractivity contribution in [1.82, 2.24) is 0 Å². The third-order valence-electron chi connectivity index (χ3n) is 3.73. The van der Waals surface area contributed by atoms with Crippen molar-refractivity contribution in [3.05, 3.63) is 58.7 Å². The highest BCUT2D eigenvalue weighted by molar-refractivity contribution is 6.08. The Labute approximate surface area is 136 Å².